The lowest BCUT2D eigenvalue weighted by molar-refractivity contribution is -0.124. The highest BCUT2D eigenvalue weighted by molar-refractivity contribution is 6.30. The Morgan fingerprint density at radius 3 is 3.06 bits per heavy atom. The number of nitrogens with one attached hydrogen (secondary N) is 2. The third kappa shape index (κ3) is 5.15. The van der Waals surface area contributed by atoms with Crippen molar-refractivity contribution in [2.24, 2.45) is 5.92 Å². The topological polar surface area (TPSA) is 99.6 Å². The zero-order valence-electron chi connectivity index (χ0n) is 17.3. The van der Waals surface area contributed by atoms with Gasteiger partial charge in [0.2, 0.25) is 11.9 Å². The maximum Gasteiger partial charge on any atom is 0.229 e. The van der Waals surface area contributed by atoms with Crippen molar-refractivity contribution >= 4 is 29.3 Å². The smallest absolute Gasteiger partial charge is 0.229 e. The lowest BCUT2D eigenvalue weighted by atomic mass is 10.1. The number of hydrogen-bond acceptors (Lipinski definition) is 7. The first-order chi connectivity index (χ1) is 15.0. The molecular formula is C22H26ClN5O3. The number of halogens is 1. The van der Waals surface area contributed by atoms with Crippen LogP contribution < -0.4 is 15.5 Å². The minimum absolute atomic E-state index is 0.161. The van der Waals surface area contributed by atoms with Crippen molar-refractivity contribution < 1.29 is 14.6 Å². The first kappa shape index (κ1) is 21.5. The summed E-state index contributed by atoms with van der Waals surface area (Å²) in [6.45, 7) is 3.59. The number of carbonyl (C=O) groups is 1. The van der Waals surface area contributed by atoms with Gasteiger partial charge in [-0.2, -0.15) is 4.98 Å². The number of ether oxygens (including phenoxy) is 1. The molecule has 4 rings (SSSR count). The number of aromatic nitrogens is 2. The average Bonchev–Trinajstić information content (AvgIpc) is 3.45. The molecule has 164 valence electrons. The van der Waals surface area contributed by atoms with Crippen LogP contribution in [0.4, 0.5) is 11.8 Å². The highest BCUT2D eigenvalue weighted by Gasteiger charge is 2.27. The minimum Gasteiger partial charge on any atom is -0.394 e. The number of aliphatic hydroxyl groups excluding tert-OH is 1. The highest BCUT2D eigenvalue weighted by Crippen LogP contribution is 2.26. The van der Waals surface area contributed by atoms with Crippen molar-refractivity contribution in [3.05, 3.63) is 58.9 Å². The molecule has 1 aromatic heterocycles. The van der Waals surface area contributed by atoms with E-state index in [1.54, 1.807) is 24.4 Å². The summed E-state index contributed by atoms with van der Waals surface area (Å²) in [6, 6.07) is 6.83. The first-order valence-corrected chi connectivity index (χ1v) is 10.7. The third-order valence-electron chi connectivity index (χ3n) is 5.46. The molecule has 2 aliphatic rings. The van der Waals surface area contributed by atoms with Gasteiger partial charge in [-0.3, -0.25) is 4.79 Å². The summed E-state index contributed by atoms with van der Waals surface area (Å²) in [5.74, 6) is 0.795. The van der Waals surface area contributed by atoms with E-state index in [2.05, 4.69) is 20.6 Å². The van der Waals surface area contributed by atoms with Gasteiger partial charge >= 0.3 is 0 Å². The van der Waals surface area contributed by atoms with Crippen LogP contribution in [-0.4, -0.2) is 53.4 Å². The molecule has 2 aromatic rings. The average molecular weight is 444 g/mol. The van der Waals surface area contributed by atoms with Crippen molar-refractivity contribution in [3.63, 3.8) is 0 Å². The Kier molecular flexibility index (Phi) is 6.70. The Morgan fingerprint density at radius 2 is 2.32 bits per heavy atom. The molecule has 0 bridgehead atoms. The predicted molar refractivity (Wildman–Crippen MR) is 119 cm³/mol. The molecule has 8 nitrogen and oxygen atoms in total. The Bertz CT molecular complexity index is 964. The Morgan fingerprint density at radius 1 is 1.45 bits per heavy atom. The molecule has 2 aliphatic heterocycles. The Labute approximate surface area is 186 Å². The minimum atomic E-state index is -0.515. The van der Waals surface area contributed by atoms with E-state index in [-0.39, 0.29) is 24.5 Å². The quantitative estimate of drug-likeness (QED) is 0.604. The van der Waals surface area contributed by atoms with Crippen LogP contribution in [0.2, 0.25) is 5.02 Å². The van der Waals surface area contributed by atoms with E-state index in [1.165, 1.54) is 0 Å². The molecule has 3 heterocycles. The van der Waals surface area contributed by atoms with Gasteiger partial charge in [0.1, 0.15) is 5.82 Å². The van der Waals surface area contributed by atoms with Gasteiger partial charge in [-0.25, -0.2) is 4.98 Å². The Hall–Kier alpha value is -2.68. The number of carbonyl (C=O) groups excluding carboxylic acids is 1. The van der Waals surface area contributed by atoms with E-state index in [0.29, 0.717) is 24.1 Å². The summed E-state index contributed by atoms with van der Waals surface area (Å²) in [6.07, 6.45) is 6.43. The number of aliphatic hydroxyl groups is 1. The van der Waals surface area contributed by atoms with Gasteiger partial charge in [-0.05, 0) is 31.0 Å². The van der Waals surface area contributed by atoms with Crippen molar-refractivity contribution in [2.75, 3.05) is 36.6 Å². The molecule has 31 heavy (non-hydrogen) atoms. The molecule has 0 aliphatic carbocycles. The van der Waals surface area contributed by atoms with Gasteiger partial charge < -0.3 is 25.4 Å². The van der Waals surface area contributed by atoms with Crippen LogP contribution in [0.25, 0.3) is 0 Å². The highest BCUT2D eigenvalue weighted by atomic mass is 35.5. The van der Waals surface area contributed by atoms with Crippen LogP contribution in [0.15, 0.2) is 42.7 Å². The predicted octanol–water partition coefficient (Wildman–Crippen LogP) is 2.44. The van der Waals surface area contributed by atoms with Crippen LogP contribution in [0.5, 0.6) is 0 Å². The molecule has 1 aromatic carbocycles. The maximum atomic E-state index is 12.8. The normalized spacial score (nSPS) is 21.3. The monoisotopic (exact) mass is 443 g/mol. The summed E-state index contributed by atoms with van der Waals surface area (Å²) in [7, 11) is 0. The van der Waals surface area contributed by atoms with Crippen molar-refractivity contribution in [2.45, 2.75) is 25.4 Å². The summed E-state index contributed by atoms with van der Waals surface area (Å²) in [5, 5.41) is 16.5. The van der Waals surface area contributed by atoms with E-state index in [4.69, 9.17) is 16.3 Å². The van der Waals surface area contributed by atoms with Gasteiger partial charge in [0.05, 0.1) is 31.2 Å². The lowest BCUT2D eigenvalue weighted by Crippen LogP contribution is -2.37. The van der Waals surface area contributed by atoms with Gasteiger partial charge in [-0.15, -0.1) is 0 Å². The molecule has 0 spiro atoms. The number of aryl methyl sites for hydroxylation is 1. The van der Waals surface area contributed by atoms with Crippen LogP contribution >= 0.6 is 11.6 Å². The number of anilines is 2. The molecule has 9 heteroatoms. The fourth-order valence-corrected chi connectivity index (χ4v) is 3.93. The molecule has 1 amide bonds. The molecule has 0 radical (unpaired) electrons. The summed E-state index contributed by atoms with van der Waals surface area (Å²) in [4.78, 5) is 23.8. The number of hydrogen-bond donors (Lipinski definition) is 3. The summed E-state index contributed by atoms with van der Waals surface area (Å²) in [5.41, 5.74) is 1.69. The molecule has 1 fully saturated rings. The second-order valence-corrected chi connectivity index (χ2v) is 8.24. The molecule has 1 saturated heterocycles. The van der Waals surface area contributed by atoms with Crippen LogP contribution in [0.3, 0.4) is 0 Å². The van der Waals surface area contributed by atoms with Gasteiger partial charge in [-0.1, -0.05) is 29.8 Å². The third-order valence-corrected chi connectivity index (χ3v) is 5.69. The van der Waals surface area contributed by atoms with E-state index in [9.17, 15) is 9.90 Å². The molecule has 2 unspecified atom stereocenters. The van der Waals surface area contributed by atoms with E-state index < -0.39 is 6.04 Å². The van der Waals surface area contributed by atoms with Crippen LogP contribution in [-0.2, 0) is 9.53 Å². The van der Waals surface area contributed by atoms with Crippen molar-refractivity contribution in [1.82, 2.24) is 15.3 Å². The van der Waals surface area contributed by atoms with E-state index in [1.807, 2.05) is 30.2 Å². The summed E-state index contributed by atoms with van der Waals surface area (Å²) >= 11 is 6.04. The van der Waals surface area contributed by atoms with Gasteiger partial charge in [0.15, 0.2) is 0 Å². The van der Waals surface area contributed by atoms with Gasteiger partial charge in [0.25, 0.3) is 0 Å². The van der Waals surface area contributed by atoms with E-state index in [0.717, 1.165) is 30.0 Å². The van der Waals surface area contributed by atoms with E-state index >= 15 is 0 Å². The number of nitrogens with zero attached hydrogens (tertiary/aromatic N) is 3. The second-order valence-electron chi connectivity index (χ2n) is 7.80. The maximum absolute atomic E-state index is 12.8. The lowest BCUT2D eigenvalue weighted by Gasteiger charge is -2.22. The Balaban J connectivity index is 1.40. The largest absolute Gasteiger partial charge is 0.394 e. The van der Waals surface area contributed by atoms with Crippen LogP contribution in [0.1, 0.15) is 23.6 Å². The fourth-order valence-electron chi connectivity index (χ4n) is 3.73. The zero-order chi connectivity index (χ0) is 21.8. The first-order valence-electron chi connectivity index (χ1n) is 10.3. The fraction of sp³-hybridized carbons (Fsp3) is 0.409. The van der Waals surface area contributed by atoms with Crippen molar-refractivity contribution in [3.8, 4) is 0 Å². The number of benzene rings is 1. The van der Waals surface area contributed by atoms with Crippen LogP contribution in [0, 0.1) is 12.8 Å². The SMILES string of the molecule is Cc1cnc(N[C@H]2CCOC2)nc1N1C=CC(C(=O)NC(CO)c2cccc(Cl)c2)C1. The number of amides is 1. The molecule has 3 atom stereocenters. The standard InChI is InChI=1S/C22H26ClN5O3/c1-14-10-24-22(25-18-6-8-31-13-18)27-20(14)28-7-5-16(11-28)21(30)26-19(12-29)15-3-2-4-17(23)9-15/h2-5,7,9-10,16,18-19,29H,6,8,11-13H2,1H3,(H,26,30)(H,24,25,27)/t16?,18-,19?/m0/s1. The molecular weight excluding hydrogens is 418 g/mol. The zero-order valence-corrected chi connectivity index (χ0v) is 18.0. The van der Waals surface area contributed by atoms with Crippen molar-refractivity contribution in [1.29, 1.82) is 0 Å². The summed E-state index contributed by atoms with van der Waals surface area (Å²) < 4.78 is 5.39. The second kappa shape index (κ2) is 9.64. The molecule has 0 saturated carbocycles. The molecule has 3 N–H and O–H groups in total. The van der Waals surface area contributed by atoms with Gasteiger partial charge in [0, 0.05) is 36.1 Å². The number of rotatable bonds is 7.